The van der Waals surface area contributed by atoms with Crippen LogP contribution >= 0.6 is 24.0 Å². The number of aryl methyl sites for hydroxylation is 1. The molecule has 3 aliphatic rings. The van der Waals surface area contributed by atoms with Crippen molar-refractivity contribution in [2.75, 3.05) is 29.6 Å². The lowest BCUT2D eigenvalue weighted by Gasteiger charge is -2.30. The van der Waals surface area contributed by atoms with E-state index in [2.05, 4.69) is 4.90 Å². The zero-order valence-electron chi connectivity index (χ0n) is 17.3. The Balaban J connectivity index is 1.55. The van der Waals surface area contributed by atoms with E-state index in [9.17, 15) is 9.59 Å². The van der Waals surface area contributed by atoms with Gasteiger partial charge in [0, 0.05) is 5.56 Å². The lowest BCUT2D eigenvalue weighted by molar-refractivity contribution is -0.115. The smallest absolute Gasteiger partial charge is 0.271 e. The summed E-state index contributed by atoms with van der Waals surface area (Å²) in [6, 6.07) is 15.4. The van der Waals surface area contributed by atoms with Gasteiger partial charge in [0.15, 0.2) is 4.32 Å². The van der Waals surface area contributed by atoms with Crippen LogP contribution in [0.1, 0.15) is 30.4 Å². The van der Waals surface area contributed by atoms with Crippen LogP contribution in [0.4, 0.5) is 11.4 Å². The highest BCUT2D eigenvalue weighted by Crippen LogP contribution is 2.45. The number of nitrogens with zero attached hydrogens (tertiary/aromatic N) is 3. The van der Waals surface area contributed by atoms with Crippen molar-refractivity contribution in [3.63, 3.8) is 0 Å². The van der Waals surface area contributed by atoms with Crippen molar-refractivity contribution in [1.82, 2.24) is 4.90 Å². The van der Waals surface area contributed by atoms with Gasteiger partial charge in [0.05, 0.1) is 28.5 Å². The molecule has 3 aliphatic heterocycles. The zero-order chi connectivity index (χ0) is 21.5. The standard InChI is InChI=1S/C24H23N3O2S2/c1-16-9-3-5-11-18(16)27-23(29)21(31-24(27)30)20-17-10-4-6-12-19(17)26(22(20)28)15-25-13-7-2-8-14-25/h3-6,9-12H,2,7-8,13-15H2,1H3. The Bertz CT molecular complexity index is 1120. The third kappa shape index (κ3) is 3.50. The van der Waals surface area contributed by atoms with Crippen LogP contribution in [-0.4, -0.2) is 40.8 Å². The Morgan fingerprint density at radius 3 is 2.32 bits per heavy atom. The van der Waals surface area contributed by atoms with Crippen LogP contribution in [0.2, 0.25) is 0 Å². The Morgan fingerprint density at radius 2 is 1.58 bits per heavy atom. The van der Waals surface area contributed by atoms with E-state index in [1.165, 1.54) is 18.2 Å². The average Bonchev–Trinajstić information content (AvgIpc) is 3.22. The number of rotatable bonds is 3. The van der Waals surface area contributed by atoms with E-state index in [-0.39, 0.29) is 11.8 Å². The van der Waals surface area contributed by atoms with Crippen molar-refractivity contribution in [3.05, 3.63) is 64.6 Å². The molecule has 0 aromatic heterocycles. The number of thioether (sulfide) groups is 1. The SMILES string of the molecule is Cc1ccccc1N1C(=O)C(=C2C(=O)N(CN3CCCCC3)c3ccccc32)SC1=S. The second-order valence-electron chi connectivity index (χ2n) is 8.07. The number of thiocarbonyl (C=S) groups is 1. The summed E-state index contributed by atoms with van der Waals surface area (Å²) >= 11 is 6.79. The van der Waals surface area contributed by atoms with Crippen molar-refractivity contribution < 1.29 is 9.59 Å². The molecule has 0 aliphatic carbocycles. The molecule has 2 amide bonds. The number of anilines is 2. The molecule has 0 radical (unpaired) electrons. The van der Waals surface area contributed by atoms with Crippen LogP contribution in [0.15, 0.2) is 53.4 Å². The summed E-state index contributed by atoms with van der Waals surface area (Å²) in [5.41, 5.74) is 3.89. The normalized spacial score (nSPS) is 21.9. The van der Waals surface area contributed by atoms with E-state index in [0.29, 0.717) is 21.5 Å². The Morgan fingerprint density at radius 1 is 0.903 bits per heavy atom. The number of carbonyl (C=O) groups excluding carboxylic acids is 2. The molecule has 0 unspecified atom stereocenters. The third-order valence-corrected chi connectivity index (χ3v) is 7.44. The van der Waals surface area contributed by atoms with Crippen molar-refractivity contribution in [1.29, 1.82) is 0 Å². The number of likely N-dealkylation sites (tertiary alicyclic amines) is 1. The van der Waals surface area contributed by atoms with Crippen LogP contribution in [0.3, 0.4) is 0 Å². The van der Waals surface area contributed by atoms with Crippen molar-refractivity contribution in [3.8, 4) is 0 Å². The quantitative estimate of drug-likeness (QED) is 0.508. The van der Waals surface area contributed by atoms with Crippen LogP contribution in [0, 0.1) is 6.92 Å². The first-order chi connectivity index (χ1) is 15.1. The highest BCUT2D eigenvalue weighted by Gasteiger charge is 2.43. The fourth-order valence-electron chi connectivity index (χ4n) is 4.48. The number of hydrogen-bond acceptors (Lipinski definition) is 5. The maximum Gasteiger partial charge on any atom is 0.271 e. The largest absolute Gasteiger partial charge is 0.294 e. The van der Waals surface area contributed by atoms with E-state index in [1.54, 1.807) is 4.90 Å². The monoisotopic (exact) mass is 449 g/mol. The van der Waals surface area contributed by atoms with Gasteiger partial charge in [-0.2, -0.15) is 0 Å². The second-order valence-corrected chi connectivity index (χ2v) is 9.71. The number of amides is 2. The highest BCUT2D eigenvalue weighted by molar-refractivity contribution is 8.27. The number of benzene rings is 2. The number of fused-ring (bicyclic) bond motifs is 1. The van der Waals surface area contributed by atoms with Gasteiger partial charge in [-0.3, -0.25) is 24.3 Å². The van der Waals surface area contributed by atoms with E-state index >= 15 is 0 Å². The lowest BCUT2D eigenvalue weighted by Crippen LogP contribution is -2.42. The minimum atomic E-state index is -0.220. The maximum atomic E-state index is 13.6. The van der Waals surface area contributed by atoms with E-state index in [1.807, 2.05) is 60.4 Å². The molecule has 0 N–H and O–H groups in total. The molecule has 2 saturated heterocycles. The number of carbonyl (C=O) groups is 2. The molecule has 0 bridgehead atoms. The maximum absolute atomic E-state index is 13.6. The molecule has 2 aromatic rings. The van der Waals surface area contributed by atoms with Gasteiger partial charge in [0.25, 0.3) is 11.8 Å². The fourth-order valence-corrected chi connectivity index (χ4v) is 5.84. The van der Waals surface area contributed by atoms with Crippen LogP contribution in [0.5, 0.6) is 0 Å². The first-order valence-corrected chi connectivity index (χ1v) is 11.8. The van der Waals surface area contributed by atoms with Gasteiger partial charge >= 0.3 is 0 Å². The van der Waals surface area contributed by atoms with Gasteiger partial charge in [-0.05, 0) is 50.6 Å². The first kappa shape index (κ1) is 20.4. The molecule has 0 spiro atoms. The second kappa shape index (κ2) is 8.22. The Hall–Kier alpha value is -2.48. The molecule has 31 heavy (non-hydrogen) atoms. The molecule has 158 valence electrons. The van der Waals surface area contributed by atoms with Crippen molar-refractivity contribution >= 4 is 57.1 Å². The van der Waals surface area contributed by atoms with Crippen LogP contribution in [-0.2, 0) is 9.59 Å². The molecule has 5 rings (SSSR count). The predicted octanol–water partition coefficient (Wildman–Crippen LogP) is 4.56. The summed E-state index contributed by atoms with van der Waals surface area (Å²) in [5, 5.41) is 0. The average molecular weight is 450 g/mol. The molecule has 3 heterocycles. The molecule has 0 saturated carbocycles. The highest BCUT2D eigenvalue weighted by atomic mass is 32.2. The summed E-state index contributed by atoms with van der Waals surface area (Å²) in [6.45, 7) is 4.50. The van der Waals surface area contributed by atoms with E-state index < -0.39 is 0 Å². The molecular formula is C24H23N3O2S2. The zero-order valence-corrected chi connectivity index (χ0v) is 19.0. The van der Waals surface area contributed by atoms with Crippen LogP contribution in [0.25, 0.3) is 5.57 Å². The Kier molecular flexibility index (Phi) is 5.42. The van der Waals surface area contributed by atoms with Crippen molar-refractivity contribution in [2.24, 2.45) is 0 Å². The van der Waals surface area contributed by atoms with Gasteiger partial charge in [-0.15, -0.1) is 0 Å². The lowest BCUT2D eigenvalue weighted by atomic mass is 10.1. The molecule has 5 nitrogen and oxygen atoms in total. The summed E-state index contributed by atoms with van der Waals surface area (Å²) in [7, 11) is 0. The van der Waals surface area contributed by atoms with Gasteiger partial charge < -0.3 is 0 Å². The molecule has 7 heteroatoms. The van der Waals surface area contributed by atoms with E-state index in [0.717, 1.165) is 48.4 Å². The van der Waals surface area contributed by atoms with Gasteiger partial charge in [0.2, 0.25) is 0 Å². The van der Waals surface area contributed by atoms with Gasteiger partial charge in [-0.25, -0.2) is 0 Å². The van der Waals surface area contributed by atoms with Gasteiger partial charge in [-0.1, -0.05) is 66.8 Å². The minimum Gasteiger partial charge on any atom is -0.294 e. The molecule has 0 atom stereocenters. The van der Waals surface area contributed by atoms with E-state index in [4.69, 9.17) is 12.2 Å². The summed E-state index contributed by atoms with van der Waals surface area (Å²) in [5.74, 6) is -0.334. The molecular weight excluding hydrogens is 426 g/mol. The Labute approximate surface area is 191 Å². The summed E-state index contributed by atoms with van der Waals surface area (Å²) in [4.78, 5) is 33.2. The third-order valence-electron chi connectivity index (χ3n) is 6.07. The molecule has 2 fully saturated rings. The predicted molar refractivity (Wildman–Crippen MR) is 130 cm³/mol. The first-order valence-electron chi connectivity index (χ1n) is 10.6. The number of para-hydroxylation sites is 2. The van der Waals surface area contributed by atoms with Crippen molar-refractivity contribution in [2.45, 2.75) is 26.2 Å². The fraction of sp³-hybridized carbons (Fsp3) is 0.292. The summed E-state index contributed by atoms with van der Waals surface area (Å²) < 4.78 is 0.460. The molecule has 2 aromatic carbocycles. The summed E-state index contributed by atoms with van der Waals surface area (Å²) in [6.07, 6.45) is 3.56. The number of hydrogen-bond donors (Lipinski definition) is 0. The van der Waals surface area contributed by atoms with Gasteiger partial charge in [0.1, 0.15) is 0 Å². The van der Waals surface area contributed by atoms with Crippen LogP contribution < -0.4 is 9.80 Å². The topological polar surface area (TPSA) is 43.9 Å². The minimum absolute atomic E-state index is 0.114. The number of piperidine rings is 1.